The van der Waals surface area contributed by atoms with Crippen molar-refractivity contribution >= 4 is 17.5 Å². The molecule has 3 N–H and O–H groups in total. The van der Waals surface area contributed by atoms with E-state index in [9.17, 15) is 9.59 Å². The van der Waals surface area contributed by atoms with E-state index in [1.54, 1.807) is 38.4 Å². The fourth-order valence-corrected chi connectivity index (χ4v) is 2.50. The van der Waals surface area contributed by atoms with E-state index in [2.05, 4.69) is 5.32 Å². The second-order valence-electron chi connectivity index (χ2n) is 5.83. The van der Waals surface area contributed by atoms with Crippen molar-refractivity contribution in [1.29, 1.82) is 0 Å². The van der Waals surface area contributed by atoms with Gasteiger partial charge in [-0.3, -0.25) is 9.59 Å². The third-order valence-electron chi connectivity index (χ3n) is 4.12. The smallest absolute Gasteiger partial charge is 0.253 e. The first-order valence-corrected chi connectivity index (χ1v) is 7.39. The van der Waals surface area contributed by atoms with E-state index in [4.69, 9.17) is 10.5 Å². The summed E-state index contributed by atoms with van der Waals surface area (Å²) in [7, 11) is 3.41. The van der Waals surface area contributed by atoms with Crippen molar-refractivity contribution in [1.82, 2.24) is 4.90 Å². The molecule has 1 aromatic rings. The van der Waals surface area contributed by atoms with E-state index in [1.165, 1.54) is 4.90 Å². The number of nitrogens with one attached hydrogen (secondary N) is 1. The third kappa shape index (κ3) is 3.45. The highest BCUT2D eigenvalue weighted by molar-refractivity contribution is 5.97. The molecule has 1 fully saturated rings. The van der Waals surface area contributed by atoms with Gasteiger partial charge < -0.3 is 20.7 Å². The summed E-state index contributed by atoms with van der Waals surface area (Å²) in [6.07, 6.45) is 1.26. The molecular formula is C16H23N3O3. The van der Waals surface area contributed by atoms with Crippen molar-refractivity contribution in [2.75, 3.05) is 39.2 Å². The van der Waals surface area contributed by atoms with Gasteiger partial charge >= 0.3 is 0 Å². The van der Waals surface area contributed by atoms with Gasteiger partial charge in [0.1, 0.15) is 0 Å². The molecule has 0 radical (unpaired) electrons. The van der Waals surface area contributed by atoms with Crippen molar-refractivity contribution in [2.24, 2.45) is 11.1 Å². The van der Waals surface area contributed by atoms with Crippen LogP contribution in [0.1, 0.15) is 23.2 Å². The van der Waals surface area contributed by atoms with Crippen LogP contribution in [-0.4, -0.2) is 50.6 Å². The van der Waals surface area contributed by atoms with E-state index in [0.29, 0.717) is 43.9 Å². The molecule has 0 saturated carbocycles. The van der Waals surface area contributed by atoms with Crippen molar-refractivity contribution in [2.45, 2.75) is 12.8 Å². The van der Waals surface area contributed by atoms with Crippen LogP contribution in [0.3, 0.4) is 0 Å². The van der Waals surface area contributed by atoms with Crippen LogP contribution in [0.5, 0.6) is 0 Å². The number of hydrogen-bond donors (Lipinski definition) is 2. The third-order valence-corrected chi connectivity index (χ3v) is 4.12. The minimum absolute atomic E-state index is 0.0688. The molecule has 0 atom stereocenters. The molecule has 1 aromatic carbocycles. The number of nitrogens with two attached hydrogens (primary N) is 1. The Balaban J connectivity index is 2.06. The van der Waals surface area contributed by atoms with Gasteiger partial charge in [-0.1, -0.05) is 0 Å². The molecular weight excluding hydrogens is 282 g/mol. The van der Waals surface area contributed by atoms with Gasteiger partial charge in [0.15, 0.2) is 0 Å². The molecule has 0 spiro atoms. The summed E-state index contributed by atoms with van der Waals surface area (Å²) < 4.78 is 5.31. The number of carbonyl (C=O) groups is 2. The number of amides is 2. The normalized spacial score (nSPS) is 16.9. The van der Waals surface area contributed by atoms with E-state index in [-0.39, 0.29) is 11.8 Å². The maximum atomic E-state index is 12.5. The summed E-state index contributed by atoms with van der Waals surface area (Å²) in [6, 6.07) is 6.88. The Morgan fingerprint density at radius 2 is 1.82 bits per heavy atom. The molecule has 0 aliphatic carbocycles. The molecule has 1 saturated heterocycles. The highest BCUT2D eigenvalue weighted by Gasteiger charge is 2.38. The number of carbonyl (C=O) groups excluding carboxylic acids is 2. The number of anilines is 1. The Kier molecular flexibility index (Phi) is 5.15. The Labute approximate surface area is 130 Å². The second-order valence-corrected chi connectivity index (χ2v) is 5.83. The average Bonchev–Trinajstić information content (AvgIpc) is 2.55. The second kappa shape index (κ2) is 6.89. The lowest BCUT2D eigenvalue weighted by molar-refractivity contribution is -0.130. The zero-order valence-electron chi connectivity index (χ0n) is 13.1. The Hall–Kier alpha value is -1.92. The lowest BCUT2D eigenvalue weighted by Gasteiger charge is -2.34. The zero-order chi connectivity index (χ0) is 16.2. The largest absolute Gasteiger partial charge is 0.381 e. The summed E-state index contributed by atoms with van der Waals surface area (Å²) >= 11 is 0. The summed E-state index contributed by atoms with van der Waals surface area (Å²) in [5.74, 6) is -0.147. The van der Waals surface area contributed by atoms with Gasteiger partial charge in [-0.2, -0.15) is 0 Å². The van der Waals surface area contributed by atoms with Crippen LogP contribution in [0.15, 0.2) is 24.3 Å². The molecule has 0 aromatic heterocycles. The predicted molar refractivity (Wildman–Crippen MR) is 84.6 cm³/mol. The summed E-state index contributed by atoms with van der Waals surface area (Å²) in [4.78, 5) is 25.9. The summed E-state index contributed by atoms with van der Waals surface area (Å²) in [5, 5.41) is 2.90. The van der Waals surface area contributed by atoms with Gasteiger partial charge in [-0.25, -0.2) is 0 Å². The van der Waals surface area contributed by atoms with Crippen molar-refractivity contribution in [3.05, 3.63) is 29.8 Å². The molecule has 1 aliphatic heterocycles. The fraction of sp³-hybridized carbons (Fsp3) is 0.500. The molecule has 22 heavy (non-hydrogen) atoms. The predicted octanol–water partition coefficient (Wildman–Crippen LogP) is 1.08. The van der Waals surface area contributed by atoms with Crippen LogP contribution in [0.2, 0.25) is 0 Å². The van der Waals surface area contributed by atoms with Gasteiger partial charge in [-0.15, -0.1) is 0 Å². The van der Waals surface area contributed by atoms with E-state index in [0.717, 1.165) is 0 Å². The number of benzene rings is 1. The summed E-state index contributed by atoms with van der Waals surface area (Å²) in [5.41, 5.74) is 6.52. The minimum Gasteiger partial charge on any atom is -0.381 e. The van der Waals surface area contributed by atoms with Crippen LogP contribution in [0.25, 0.3) is 0 Å². The number of rotatable bonds is 4. The minimum atomic E-state index is -0.559. The van der Waals surface area contributed by atoms with E-state index in [1.807, 2.05) is 0 Å². The molecule has 2 amide bonds. The molecule has 1 aliphatic rings. The zero-order valence-corrected chi connectivity index (χ0v) is 13.1. The average molecular weight is 305 g/mol. The summed E-state index contributed by atoms with van der Waals surface area (Å²) in [6.45, 7) is 1.42. The lowest BCUT2D eigenvalue weighted by atomic mass is 9.79. The van der Waals surface area contributed by atoms with Gasteiger partial charge in [0.2, 0.25) is 5.91 Å². The Morgan fingerprint density at radius 1 is 1.23 bits per heavy atom. The van der Waals surface area contributed by atoms with Gasteiger partial charge in [0.05, 0.1) is 5.41 Å². The molecule has 6 nitrogen and oxygen atoms in total. The first-order valence-electron chi connectivity index (χ1n) is 7.39. The number of nitrogens with zero attached hydrogens (tertiary/aromatic N) is 1. The molecule has 0 unspecified atom stereocenters. The van der Waals surface area contributed by atoms with Crippen LogP contribution >= 0.6 is 0 Å². The van der Waals surface area contributed by atoms with Crippen LogP contribution in [0, 0.1) is 5.41 Å². The molecule has 1 heterocycles. The topological polar surface area (TPSA) is 84.7 Å². The fourth-order valence-electron chi connectivity index (χ4n) is 2.50. The lowest BCUT2D eigenvalue weighted by Crippen LogP contribution is -2.46. The van der Waals surface area contributed by atoms with Crippen molar-refractivity contribution in [3.8, 4) is 0 Å². The molecule has 0 bridgehead atoms. The van der Waals surface area contributed by atoms with E-state index < -0.39 is 5.41 Å². The van der Waals surface area contributed by atoms with Crippen molar-refractivity contribution in [3.63, 3.8) is 0 Å². The van der Waals surface area contributed by atoms with Crippen LogP contribution in [0.4, 0.5) is 5.69 Å². The van der Waals surface area contributed by atoms with Crippen LogP contribution in [-0.2, 0) is 9.53 Å². The molecule has 2 rings (SSSR count). The highest BCUT2D eigenvalue weighted by Crippen LogP contribution is 2.30. The highest BCUT2D eigenvalue weighted by atomic mass is 16.5. The van der Waals surface area contributed by atoms with Crippen molar-refractivity contribution < 1.29 is 14.3 Å². The van der Waals surface area contributed by atoms with Gasteiger partial charge in [-0.05, 0) is 37.1 Å². The SMILES string of the molecule is CN(C)C(=O)c1ccc(NC(=O)C2(CN)CCOCC2)cc1. The first-order chi connectivity index (χ1) is 10.5. The molecule has 6 heteroatoms. The first kappa shape index (κ1) is 16.5. The maximum Gasteiger partial charge on any atom is 0.253 e. The Morgan fingerprint density at radius 3 is 2.32 bits per heavy atom. The Bertz CT molecular complexity index is 534. The van der Waals surface area contributed by atoms with E-state index >= 15 is 0 Å². The number of hydrogen-bond acceptors (Lipinski definition) is 4. The quantitative estimate of drug-likeness (QED) is 0.872. The van der Waals surface area contributed by atoms with Crippen LogP contribution < -0.4 is 11.1 Å². The maximum absolute atomic E-state index is 12.5. The van der Waals surface area contributed by atoms with Gasteiger partial charge in [0.25, 0.3) is 5.91 Å². The standard InChI is InChI=1S/C16H23N3O3/c1-19(2)14(20)12-3-5-13(6-4-12)18-15(21)16(11-17)7-9-22-10-8-16/h3-6H,7-11,17H2,1-2H3,(H,18,21). The van der Waals surface area contributed by atoms with Gasteiger partial charge in [0, 0.05) is 45.1 Å². The monoisotopic (exact) mass is 305 g/mol. The molecule has 120 valence electrons. The number of ether oxygens (including phenoxy) is 1.